The zero-order chi connectivity index (χ0) is 21.5. The first kappa shape index (κ1) is 20.6. The Balaban J connectivity index is 1.52. The van der Waals surface area contributed by atoms with E-state index in [1.54, 1.807) is 4.90 Å². The van der Waals surface area contributed by atoms with E-state index in [-0.39, 0.29) is 36.4 Å². The summed E-state index contributed by atoms with van der Waals surface area (Å²) in [5.74, 6) is -0.518. The van der Waals surface area contributed by atoms with E-state index in [1.165, 1.54) is 6.20 Å². The highest BCUT2D eigenvalue weighted by Gasteiger charge is 2.31. The molecule has 4 heterocycles. The number of fused-ring (bicyclic) bond motifs is 1. The van der Waals surface area contributed by atoms with Crippen molar-refractivity contribution in [2.45, 2.75) is 51.2 Å². The number of hydrogen-bond acceptors (Lipinski definition) is 5. The molecule has 0 saturated carbocycles. The van der Waals surface area contributed by atoms with Gasteiger partial charge in [-0.25, -0.2) is 14.2 Å². The second kappa shape index (κ2) is 7.86. The minimum absolute atomic E-state index is 0.00218. The number of hydrogen-bond donors (Lipinski definition) is 2. The normalized spacial score (nSPS) is 21.0. The number of halogens is 1. The molecule has 1 atom stereocenters. The maximum absolute atomic E-state index is 14.8. The number of nitrogens with zero attached hydrogens (tertiary/aromatic N) is 2. The largest absolute Gasteiger partial charge is 0.444 e. The molecule has 8 nitrogen and oxygen atoms in total. The lowest BCUT2D eigenvalue weighted by atomic mass is 9.88. The molecule has 2 aliphatic heterocycles. The number of morpholine rings is 1. The number of H-pyrrole nitrogens is 1. The van der Waals surface area contributed by atoms with Crippen LogP contribution in [0.2, 0.25) is 0 Å². The lowest BCUT2D eigenvalue weighted by Crippen LogP contribution is -2.41. The molecule has 2 aromatic heterocycles. The average molecular weight is 418 g/mol. The molecule has 0 radical (unpaired) electrons. The van der Waals surface area contributed by atoms with Crippen molar-refractivity contribution in [2.24, 2.45) is 0 Å². The monoisotopic (exact) mass is 418 g/mol. The molecule has 2 aliphatic rings. The van der Waals surface area contributed by atoms with E-state index in [9.17, 15) is 14.0 Å². The number of carbonyl (C=O) groups is 2. The van der Waals surface area contributed by atoms with Crippen LogP contribution in [0.5, 0.6) is 0 Å². The minimum Gasteiger partial charge on any atom is -0.444 e. The van der Waals surface area contributed by atoms with Gasteiger partial charge in [0.25, 0.3) is 0 Å². The molecule has 0 aromatic carbocycles. The van der Waals surface area contributed by atoms with Crippen molar-refractivity contribution in [1.29, 1.82) is 0 Å². The number of piperidine rings is 1. The lowest BCUT2D eigenvalue weighted by molar-refractivity contribution is -0.133. The van der Waals surface area contributed by atoms with E-state index in [0.717, 1.165) is 11.1 Å². The molecule has 30 heavy (non-hydrogen) atoms. The van der Waals surface area contributed by atoms with Crippen LogP contribution in [-0.2, 0) is 14.3 Å². The zero-order valence-corrected chi connectivity index (χ0v) is 17.5. The van der Waals surface area contributed by atoms with Gasteiger partial charge < -0.3 is 24.7 Å². The molecular formula is C21H27FN4O4. The summed E-state index contributed by atoms with van der Waals surface area (Å²) >= 11 is 0. The van der Waals surface area contributed by atoms with E-state index < -0.39 is 5.60 Å². The Bertz CT molecular complexity index is 950. The van der Waals surface area contributed by atoms with Crippen LogP contribution >= 0.6 is 0 Å². The Kier molecular flexibility index (Phi) is 5.40. The SMILES string of the molecule is CC(C)(C)OC(=O)N1CCC(c2c(F)cnc3[nH]c(C4CNC(=O)CO4)cc23)CC1. The number of aromatic nitrogens is 2. The molecule has 2 aromatic rings. The van der Waals surface area contributed by atoms with Crippen molar-refractivity contribution in [3.05, 3.63) is 29.3 Å². The van der Waals surface area contributed by atoms with Gasteiger partial charge in [-0.15, -0.1) is 0 Å². The molecule has 9 heteroatoms. The Morgan fingerprint density at radius 1 is 1.33 bits per heavy atom. The Morgan fingerprint density at radius 3 is 2.70 bits per heavy atom. The number of rotatable bonds is 2. The van der Waals surface area contributed by atoms with Gasteiger partial charge in [-0.3, -0.25) is 4.79 Å². The van der Waals surface area contributed by atoms with Crippen LogP contribution in [0.15, 0.2) is 12.3 Å². The highest BCUT2D eigenvalue weighted by molar-refractivity contribution is 5.82. The number of nitrogens with one attached hydrogen (secondary N) is 2. The summed E-state index contributed by atoms with van der Waals surface area (Å²) in [5.41, 5.74) is 1.43. The van der Waals surface area contributed by atoms with Gasteiger partial charge in [0.05, 0.1) is 6.20 Å². The fraction of sp³-hybridized carbons (Fsp3) is 0.571. The third-order valence-electron chi connectivity index (χ3n) is 5.47. The quantitative estimate of drug-likeness (QED) is 0.782. The molecule has 2 saturated heterocycles. The molecule has 162 valence electrons. The van der Waals surface area contributed by atoms with E-state index in [2.05, 4.69) is 15.3 Å². The van der Waals surface area contributed by atoms with Crippen LogP contribution in [-0.4, -0.2) is 58.7 Å². The molecule has 4 rings (SSSR count). The Morgan fingerprint density at radius 2 is 2.07 bits per heavy atom. The van der Waals surface area contributed by atoms with Crippen LogP contribution < -0.4 is 5.32 Å². The first-order chi connectivity index (χ1) is 14.2. The van der Waals surface area contributed by atoms with Gasteiger partial charge in [-0.05, 0) is 45.6 Å². The fourth-order valence-electron chi connectivity index (χ4n) is 4.05. The van der Waals surface area contributed by atoms with Crippen molar-refractivity contribution in [1.82, 2.24) is 20.2 Å². The summed E-state index contributed by atoms with van der Waals surface area (Å²) in [6, 6.07) is 1.86. The van der Waals surface area contributed by atoms with E-state index in [4.69, 9.17) is 9.47 Å². The van der Waals surface area contributed by atoms with E-state index in [1.807, 2.05) is 26.8 Å². The van der Waals surface area contributed by atoms with Crippen LogP contribution in [0.4, 0.5) is 9.18 Å². The van der Waals surface area contributed by atoms with Crippen molar-refractivity contribution < 1.29 is 23.5 Å². The molecule has 2 amide bonds. The van der Waals surface area contributed by atoms with Crippen molar-refractivity contribution in [3.63, 3.8) is 0 Å². The summed E-state index contributed by atoms with van der Waals surface area (Å²) in [6.45, 7) is 6.90. The van der Waals surface area contributed by atoms with E-state index in [0.29, 0.717) is 43.7 Å². The maximum Gasteiger partial charge on any atom is 0.410 e. The summed E-state index contributed by atoms with van der Waals surface area (Å²) in [4.78, 5) is 32.7. The Hall–Kier alpha value is -2.68. The smallest absolute Gasteiger partial charge is 0.410 e. The molecule has 2 N–H and O–H groups in total. The van der Waals surface area contributed by atoms with Crippen LogP contribution in [0.1, 0.15) is 56.9 Å². The number of pyridine rings is 1. The van der Waals surface area contributed by atoms with Gasteiger partial charge in [0.1, 0.15) is 29.8 Å². The van der Waals surface area contributed by atoms with Crippen LogP contribution in [0, 0.1) is 5.82 Å². The molecule has 0 aliphatic carbocycles. The molecule has 0 bridgehead atoms. The van der Waals surface area contributed by atoms with Gasteiger partial charge in [0.2, 0.25) is 5.91 Å². The molecule has 0 spiro atoms. The van der Waals surface area contributed by atoms with Gasteiger partial charge >= 0.3 is 6.09 Å². The number of likely N-dealkylation sites (tertiary alicyclic amines) is 1. The second-order valence-electron chi connectivity index (χ2n) is 8.85. The number of ether oxygens (including phenoxy) is 2. The zero-order valence-electron chi connectivity index (χ0n) is 17.5. The van der Waals surface area contributed by atoms with Gasteiger partial charge in [0, 0.05) is 36.3 Å². The summed E-state index contributed by atoms with van der Waals surface area (Å²) < 4.78 is 25.8. The first-order valence-electron chi connectivity index (χ1n) is 10.2. The third kappa shape index (κ3) is 4.26. The summed E-state index contributed by atoms with van der Waals surface area (Å²) in [7, 11) is 0. The number of carbonyl (C=O) groups excluding carboxylic acids is 2. The lowest BCUT2D eigenvalue weighted by Gasteiger charge is -2.33. The highest BCUT2D eigenvalue weighted by atomic mass is 19.1. The third-order valence-corrected chi connectivity index (χ3v) is 5.47. The van der Waals surface area contributed by atoms with Crippen LogP contribution in [0.25, 0.3) is 11.0 Å². The summed E-state index contributed by atoms with van der Waals surface area (Å²) in [6.07, 6.45) is 1.88. The van der Waals surface area contributed by atoms with Gasteiger partial charge in [-0.1, -0.05) is 0 Å². The first-order valence-corrected chi connectivity index (χ1v) is 10.2. The average Bonchev–Trinajstić information content (AvgIpc) is 3.11. The van der Waals surface area contributed by atoms with Gasteiger partial charge in [-0.2, -0.15) is 0 Å². The van der Waals surface area contributed by atoms with E-state index >= 15 is 0 Å². The van der Waals surface area contributed by atoms with Gasteiger partial charge in [0.15, 0.2) is 0 Å². The predicted octanol–water partition coefficient (Wildman–Crippen LogP) is 3.00. The molecule has 1 unspecified atom stereocenters. The minimum atomic E-state index is -0.542. The van der Waals surface area contributed by atoms with Crippen molar-refractivity contribution in [2.75, 3.05) is 26.2 Å². The standard InChI is InChI=1S/C21H27FN4O4/c1-21(2,3)30-20(28)26-6-4-12(5-7-26)18-13-8-15(16-10-23-17(27)11-29-16)25-19(13)24-9-14(18)22/h8-9,12,16H,4-7,10-11H2,1-3H3,(H,23,27)(H,24,25). The predicted molar refractivity (Wildman–Crippen MR) is 108 cm³/mol. The second-order valence-corrected chi connectivity index (χ2v) is 8.85. The van der Waals surface area contributed by atoms with Crippen molar-refractivity contribution in [3.8, 4) is 0 Å². The highest BCUT2D eigenvalue weighted by Crippen LogP contribution is 2.36. The number of amides is 2. The number of aromatic amines is 1. The maximum atomic E-state index is 14.8. The molecular weight excluding hydrogens is 391 g/mol. The molecule has 2 fully saturated rings. The van der Waals surface area contributed by atoms with Crippen LogP contribution in [0.3, 0.4) is 0 Å². The summed E-state index contributed by atoms with van der Waals surface area (Å²) in [5, 5.41) is 3.49. The topological polar surface area (TPSA) is 96.5 Å². The Labute approximate surface area is 174 Å². The van der Waals surface area contributed by atoms with Crippen molar-refractivity contribution >= 4 is 23.0 Å². The fourth-order valence-corrected chi connectivity index (χ4v) is 4.05.